The molecule has 1 saturated heterocycles. The lowest BCUT2D eigenvalue weighted by atomic mass is 9.87. The van der Waals surface area contributed by atoms with Crippen molar-refractivity contribution in [3.8, 4) is 16.9 Å². The van der Waals surface area contributed by atoms with Gasteiger partial charge in [0.1, 0.15) is 5.75 Å². The molecule has 0 spiro atoms. The van der Waals surface area contributed by atoms with Crippen LogP contribution in [0.1, 0.15) is 74.9 Å². The summed E-state index contributed by atoms with van der Waals surface area (Å²) in [6.45, 7) is 14.1. The molecule has 0 bridgehead atoms. The molecule has 1 heterocycles. The number of nitrogens with one attached hydrogen (secondary N) is 1. The van der Waals surface area contributed by atoms with Gasteiger partial charge >= 0.3 is 0 Å². The molecule has 1 N–H and O–H groups in total. The van der Waals surface area contributed by atoms with Gasteiger partial charge in [-0.1, -0.05) is 65.0 Å². The molecule has 1 aliphatic heterocycles. The van der Waals surface area contributed by atoms with Crippen molar-refractivity contribution in [2.45, 2.75) is 66.0 Å². The van der Waals surface area contributed by atoms with Gasteiger partial charge in [-0.2, -0.15) is 5.06 Å². The van der Waals surface area contributed by atoms with Crippen molar-refractivity contribution in [1.82, 2.24) is 15.3 Å². The lowest BCUT2D eigenvalue weighted by Gasteiger charge is -2.29. The quantitative estimate of drug-likeness (QED) is 0.457. The van der Waals surface area contributed by atoms with E-state index in [-0.39, 0.29) is 23.3 Å². The number of methoxy groups -OCH3 is 1. The number of benzene rings is 2. The monoisotopic (exact) mass is 495 g/mol. The highest BCUT2D eigenvalue weighted by molar-refractivity contribution is 5.97. The van der Waals surface area contributed by atoms with Crippen molar-refractivity contribution in [2.75, 3.05) is 40.9 Å². The summed E-state index contributed by atoms with van der Waals surface area (Å²) in [4.78, 5) is 21.5. The van der Waals surface area contributed by atoms with Crippen LogP contribution in [0.3, 0.4) is 0 Å². The number of ether oxygens (including phenoxy) is 1. The summed E-state index contributed by atoms with van der Waals surface area (Å²) in [5.74, 6) is 1.04. The summed E-state index contributed by atoms with van der Waals surface area (Å²) in [7, 11) is 5.81. The Hall–Kier alpha value is -2.41. The van der Waals surface area contributed by atoms with Gasteiger partial charge in [-0.15, -0.1) is 0 Å². The Morgan fingerprint density at radius 3 is 2.53 bits per heavy atom. The molecule has 3 rings (SSSR count). The topological polar surface area (TPSA) is 54.0 Å². The number of hydroxylamine groups is 2. The van der Waals surface area contributed by atoms with Gasteiger partial charge in [0, 0.05) is 35.8 Å². The zero-order valence-electron chi connectivity index (χ0n) is 23.5. The summed E-state index contributed by atoms with van der Waals surface area (Å²) < 4.78 is 5.89. The summed E-state index contributed by atoms with van der Waals surface area (Å²) in [5.41, 5.74) is 4.94. The first-order valence-corrected chi connectivity index (χ1v) is 13.1. The van der Waals surface area contributed by atoms with E-state index in [2.05, 4.69) is 89.3 Å². The van der Waals surface area contributed by atoms with Crippen LogP contribution in [-0.4, -0.2) is 62.8 Å². The van der Waals surface area contributed by atoms with E-state index in [4.69, 9.17) is 9.57 Å². The normalized spacial score (nSPS) is 15.5. The van der Waals surface area contributed by atoms with E-state index in [0.717, 1.165) is 66.1 Å². The van der Waals surface area contributed by atoms with Gasteiger partial charge in [0.15, 0.2) is 0 Å². The average Bonchev–Trinajstić information content (AvgIpc) is 3.30. The molecule has 1 atom stereocenters. The Balaban J connectivity index is 1.97. The summed E-state index contributed by atoms with van der Waals surface area (Å²) in [5, 5.41) is 5.34. The van der Waals surface area contributed by atoms with E-state index >= 15 is 0 Å². The number of hydrogen-bond acceptors (Lipinski definition) is 5. The second kappa shape index (κ2) is 12.2. The van der Waals surface area contributed by atoms with Crippen molar-refractivity contribution in [3.63, 3.8) is 0 Å². The number of nitrogens with zero attached hydrogens (tertiary/aromatic N) is 2. The molecule has 0 saturated carbocycles. The molecular weight excluding hydrogens is 450 g/mol. The maximum atomic E-state index is 13.7. The molecule has 198 valence electrons. The van der Waals surface area contributed by atoms with Crippen LogP contribution in [0, 0.1) is 5.41 Å². The molecule has 0 radical (unpaired) electrons. The first-order valence-electron chi connectivity index (χ1n) is 13.1. The van der Waals surface area contributed by atoms with Crippen LogP contribution in [0.25, 0.3) is 11.1 Å². The predicted octanol–water partition coefficient (Wildman–Crippen LogP) is 5.72. The van der Waals surface area contributed by atoms with Crippen molar-refractivity contribution in [1.29, 1.82) is 0 Å². The van der Waals surface area contributed by atoms with Gasteiger partial charge < -0.3 is 15.0 Å². The number of carbonyl (C=O) groups is 1. The van der Waals surface area contributed by atoms with Crippen molar-refractivity contribution < 1.29 is 14.4 Å². The highest BCUT2D eigenvalue weighted by Crippen LogP contribution is 2.36. The molecule has 1 aliphatic rings. The van der Waals surface area contributed by atoms with E-state index in [1.54, 1.807) is 7.11 Å². The summed E-state index contributed by atoms with van der Waals surface area (Å²) in [6.07, 6.45) is 1.95. The van der Waals surface area contributed by atoms with E-state index < -0.39 is 0 Å². The van der Waals surface area contributed by atoms with Gasteiger partial charge in [-0.05, 0) is 55.5 Å². The molecule has 0 aromatic heterocycles. The average molecular weight is 496 g/mol. The number of rotatable bonds is 10. The Kier molecular flexibility index (Phi) is 9.56. The fourth-order valence-electron chi connectivity index (χ4n) is 5.02. The fraction of sp³-hybridized carbons (Fsp3) is 0.567. The largest absolute Gasteiger partial charge is 0.496 e. The van der Waals surface area contributed by atoms with Crippen LogP contribution in [0.15, 0.2) is 36.4 Å². The maximum absolute atomic E-state index is 13.7. The van der Waals surface area contributed by atoms with E-state index in [0.29, 0.717) is 6.54 Å². The van der Waals surface area contributed by atoms with Crippen molar-refractivity contribution in [2.24, 2.45) is 5.41 Å². The second-order valence-corrected chi connectivity index (χ2v) is 11.7. The SMILES string of the molecule is COc1c(CN2CCCO2)cccc1-c1ccc(C(C)C)c(C(=O)N[C@H](CN(C)C)CC(C)(C)C)c1. The molecule has 2 aromatic rings. The Morgan fingerprint density at radius 1 is 1.19 bits per heavy atom. The minimum absolute atomic E-state index is 0.0164. The zero-order valence-corrected chi connectivity index (χ0v) is 23.5. The standard InChI is InChI=1S/C30H45N3O3/c1-21(2)25-14-13-22(17-27(25)29(34)31-24(20-32(6)7)18-30(3,4)5)26-12-9-11-23(28(26)35-8)19-33-15-10-16-36-33/h9,11-14,17,21,24H,10,15-16,18-20H2,1-8H3,(H,31,34)/t24-/m0/s1. The van der Waals surface area contributed by atoms with Crippen LogP contribution < -0.4 is 10.1 Å². The minimum Gasteiger partial charge on any atom is -0.496 e. The molecule has 6 nitrogen and oxygen atoms in total. The number of amides is 1. The van der Waals surface area contributed by atoms with Crippen molar-refractivity contribution in [3.05, 3.63) is 53.1 Å². The molecule has 1 fully saturated rings. The smallest absolute Gasteiger partial charge is 0.251 e. The predicted molar refractivity (Wildman–Crippen MR) is 147 cm³/mol. The highest BCUT2D eigenvalue weighted by atomic mass is 16.7. The Morgan fingerprint density at radius 2 is 1.94 bits per heavy atom. The fourth-order valence-corrected chi connectivity index (χ4v) is 5.02. The molecule has 1 amide bonds. The maximum Gasteiger partial charge on any atom is 0.251 e. The molecular formula is C30H45N3O3. The van der Waals surface area contributed by atoms with Gasteiger partial charge in [0.05, 0.1) is 20.3 Å². The van der Waals surface area contributed by atoms with Crippen LogP contribution >= 0.6 is 0 Å². The third-order valence-corrected chi connectivity index (χ3v) is 6.48. The lowest BCUT2D eigenvalue weighted by molar-refractivity contribution is -0.117. The van der Waals surface area contributed by atoms with E-state index in [1.807, 2.05) is 11.1 Å². The van der Waals surface area contributed by atoms with Crippen molar-refractivity contribution >= 4 is 5.91 Å². The van der Waals surface area contributed by atoms with Crippen LogP contribution in [-0.2, 0) is 11.4 Å². The van der Waals surface area contributed by atoms with Gasteiger partial charge in [-0.3, -0.25) is 9.63 Å². The Bertz CT molecular complexity index is 1020. The van der Waals surface area contributed by atoms with Gasteiger partial charge in [0.2, 0.25) is 0 Å². The molecule has 6 heteroatoms. The lowest BCUT2D eigenvalue weighted by Crippen LogP contribution is -2.44. The van der Waals surface area contributed by atoms with Gasteiger partial charge in [-0.25, -0.2) is 0 Å². The summed E-state index contributed by atoms with van der Waals surface area (Å²) >= 11 is 0. The van der Waals surface area contributed by atoms with Gasteiger partial charge in [0.25, 0.3) is 5.91 Å². The third kappa shape index (κ3) is 7.55. The van der Waals surface area contributed by atoms with E-state index in [1.165, 1.54) is 0 Å². The Labute approximate surface area is 217 Å². The molecule has 0 aliphatic carbocycles. The molecule has 2 aromatic carbocycles. The van der Waals surface area contributed by atoms with Crippen LogP contribution in [0.5, 0.6) is 5.75 Å². The third-order valence-electron chi connectivity index (χ3n) is 6.48. The number of carbonyl (C=O) groups excluding carboxylic acids is 1. The van der Waals surface area contributed by atoms with Crippen LogP contribution in [0.2, 0.25) is 0 Å². The van der Waals surface area contributed by atoms with E-state index in [9.17, 15) is 4.79 Å². The summed E-state index contributed by atoms with van der Waals surface area (Å²) in [6, 6.07) is 12.5. The number of para-hydroxylation sites is 1. The second-order valence-electron chi connectivity index (χ2n) is 11.7. The van der Waals surface area contributed by atoms with Crippen LogP contribution in [0.4, 0.5) is 0 Å². The first-order chi connectivity index (χ1) is 17.0. The zero-order chi connectivity index (χ0) is 26.5. The molecule has 36 heavy (non-hydrogen) atoms. The minimum atomic E-state index is -0.0164. The number of likely N-dealkylation sites (N-methyl/N-ethyl adjacent to an activating group) is 1. The number of hydrogen-bond donors (Lipinski definition) is 1. The first kappa shape index (κ1) is 28.2. The molecule has 0 unspecified atom stereocenters. The highest BCUT2D eigenvalue weighted by Gasteiger charge is 2.24.